The molecule has 4 aliphatic heterocycles. The van der Waals surface area contributed by atoms with Crippen LogP contribution in [0.1, 0.15) is 129 Å². The molecule has 2 saturated heterocycles. The largest absolute Gasteiger partial charge is 0.493 e. The zero-order valence-electron chi connectivity index (χ0n) is 50.9. The van der Waals surface area contributed by atoms with E-state index in [1.807, 2.05) is 21.9 Å². The Kier molecular flexibility index (Phi) is 24.4. The quantitative estimate of drug-likeness (QED) is 0.0206. The zero-order valence-corrected chi connectivity index (χ0v) is 54.1. The lowest BCUT2D eigenvalue weighted by atomic mass is 9.94. The van der Waals surface area contributed by atoms with E-state index in [0.717, 1.165) is 129 Å². The Morgan fingerprint density at radius 1 is 0.512 bits per heavy atom. The van der Waals surface area contributed by atoms with Gasteiger partial charge in [-0.1, -0.05) is 88.0 Å². The van der Waals surface area contributed by atoms with Crippen LogP contribution in [0.25, 0.3) is 0 Å². The maximum absolute atomic E-state index is 14.5. The minimum Gasteiger partial charge on any atom is -0.493 e. The van der Waals surface area contributed by atoms with Crippen LogP contribution in [-0.2, 0) is 48.3 Å². The molecule has 4 aliphatic rings. The molecule has 0 radical (unpaired) electrons. The van der Waals surface area contributed by atoms with E-state index in [4.69, 9.17) is 28.4 Å². The lowest BCUT2D eigenvalue weighted by molar-refractivity contribution is -0.156. The SMILES string of the molecule is CCCCCCC(=O)OCCC1CCN(CCCN2c3cccc(S(C)(=O)=O)c3Sc3ccc(OC)c(OC(=O)C(=O)Oc4c(OC)ccc5c4N(CCCN4CCC(CCOC(=O)CCCCCC)CC4)c4cccc(S(C)(=O)=O)c4S5)c32)CC1. The minimum absolute atomic E-state index is 0.0561. The summed E-state index contributed by atoms with van der Waals surface area (Å²) in [6.07, 6.45) is 18.4. The molecule has 86 heavy (non-hydrogen) atoms. The van der Waals surface area contributed by atoms with Gasteiger partial charge in [-0.3, -0.25) is 9.59 Å². The fourth-order valence-corrected chi connectivity index (χ4v) is 16.7. The number of unbranched alkanes of at least 4 members (excludes halogenated alkanes) is 6. The number of nitrogens with zero attached hydrogens (tertiary/aromatic N) is 4. The number of fused-ring (bicyclic) bond motifs is 4. The Morgan fingerprint density at radius 3 is 1.27 bits per heavy atom. The molecule has 0 unspecified atom stereocenters. The zero-order chi connectivity index (χ0) is 61.4. The number of likely N-dealkylation sites (tertiary alicyclic amines) is 2. The molecule has 4 aromatic rings. The first kappa shape index (κ1) is 66.4. The Morgan fingerprint density at radius 2 is 0.907 bits per heavy atom. The number of esters is 4. The first-order valence-corrected chi connectivity index (χ1v) is 36.0. The Balaban J connectivity index is 0.979. The van der Waals surface area contributed by atoms with Crippen LogP contribution in [0.4, 0.5) is 22.7 Å². The number of anilines is 4. The van der Waals surface area contributed by atoms with E-state index < -0.39 is 31.6 Å². The molecule has 22 heteroatoms. The molecule has 0 saturated carbocycles. The summed E-state index contributed by atoms with van der Waals surface area (Å²) in [5, 5.41) is 0. The topological polar surface area (TPSA) is 205 Å². The van der Waals surface area contributed by atoms with Gasteiger partial charge in [0.25, 0.3) is 0 Å². The maximum atomic E-state index is 14.5. The average molecular weight is 1260 g/mol. The van der Waals surface area contributed by atoms with Crippen LogP contribution in [-0.4, -0.2) is 143 Å². The second kappa shape index (κ2) is 31.6. The molecule has 0 amide bonds. The number of benzene rings is 4. The number of hydrogen-bond acceptors (Lipinski definition) is 20. The Labute approximate surface area is 517 Å². The smallest absolute Gasteiger partial charge is 0.423 e. The van der Waals surface area contributed by atoms with Gasteiger partial charge >= 0.3 is 23.9 Å². The van der Waals surface area contributed by atoms with Gasteiger partial charge < -0.3 is 48.0 Å². The van der Waals surface area contributed by atoms with Crippen molar-refractivity contribution in [2.45, 2.75) is 159 Å². The lowest BCUT2D eigenvalue weighted by Gasteiger charge is -2.36. The van der Waals surface area contributed by atoms with Crippen molar-refractivity contribution >= 4 is 89.8 Å². The molecule has 470 valence electrons. The van der Waals surface area contributed by atoms with Crippen LogP contribution in [0.5, 0.6) is 23.0 Å². The number of hydrogen-bond donors (Lipinski definition) is 0. The van der Waals surface area contributed by atoms with Crippen molar-refractivity contribution in [3.8, 4) is 23.0 Å². The number of carbonyl (C=O) groups excluding carboxylic acids is 4. The van der Waals surface area contributed by atoms with Gasteiger partial charge in [-0.2, -0.15) is 0 Å². The molecule has 18 nitrogen and oxygen atoms in total. The van der Waals surface area contributed by atoms with E-state index in [-0.39, 0.29) is 44.7 Å². The summed E-state index contributed by atoms with van der Waals surface area (Å²) >= 11 is 2.44. The van der Waals surface area contributed by atoms with Gasteiger partial charge in [0.15, 0.2) is 42.7 Å². The normalized spacial score (nSPS) is 15.7. The molecule has 0 atom stereocenters. The molecular formula is C64H86N4O14S4. The van der Waals surface area contributed by atoms with Crippen LogP contribution in [0.15, 0.2) is 90.0 Å². The highest BCUT2D eigenvalue weighted by molar-refractivity contribution is 8.01. The third-order valence-corrected chi connectivity index (χ3v) is 21.4. The molecule has 0 spiro atoms. The molecule has 0 bridgehead atoms. The highest BCUT2D eigenvalue weighted by Crippen LogP contribution is 2.58. The molecule has 4 aromatic carbocycles. The fourth-order valence-electron chi connectivity index (χ4n) is 11.8. The van der Waals surface area contributed by atoms with Gasteiger partial charge in [-0.15, -0.1) is 0 Å². The molecule has 4 heterocycles. The van der Waals surface area contributed by atoms with Crippen LogP contribution in [0.3, 0.4) is 0 Å². The molecule has 2 fully saturated rings. The van der Waals surface area contributed by atoms with E-state index in [1.54, 1.807) is 48.5 Å². The van der Waals surface area contributed by atoms with E-state index >= 15 is 0 Å². The van der Waals surface area contributed by atoms with Crippen molar-refractivity contribution in [2.75, 3.05) is 102 Å². The predicted octanol–water partition coefficient (Wildman–Crippen LogP) is 12.2. The Hall–Kier alpha value is -5.52. The van der Waals surface area contributed by atoms with Crippen LogP contribution in [0, 0.1) is 11.8 Å². The maximum Gasteiger partial charge on any atom is 0.423 e. The second-order valence-corrected chi connectivity index (χ2v) is 28.9. The first-order chi connectivity index (χ1) is 41.4. The van der Waals surface area contributed by atoms with Gasteiger partial charge in [0.2, 0.25) is 0 Å². The number of carbonyl (C=O) groups is 4. The number of methoxy groups -OCH3 is 2. The fraction of sp³-hybridized carbons (Fsp3) is 0.562. The predicted molar refractivity (Wildman–Crippen MR) is 335 cm³/mol. The van der Waals surface area contributed by atoms with Crippen molar-refractivity contribution in [3.05, 3.63) is 60.7 Å². The summed E-state index contributed by atoms with van der Waals surface area (Å²) in [4.78, 5) is 64.7. The van der Waals surface area contributed by atoms with E-state index in [9.17, 15) is 36.0 Å². The summed E-state index contributed by atoms with van der Waals surface area (Å²) in [5.41, 5.74) is 2.01. The highest BCUT2D eigenvalue weighted by atomic mass is 32.2. The van der Waals surface area contributed by atoms with Gasteiger partial charge in [0.05, 0.1) is 58.4 Å². The van der Waals surface area contributed by atoms with Crippen molar-refractivity contribution in [2.24, 2.45) is 11.8 Å². The molecular weight excluding hydrogens is 1180 g/mol. The number of piperidine rings is 2. The highest BCUT2D eigenvalue weighted by Gasteiger charge is 2.38. The summed E-state index contributed by atoms with van der Waals surface area (Å²) in [6.45, 7) is 10.9. The minimum atomic E-state index is -3.69. The Bertz CT molecular complexity index is 3020. The lowest BCUT2D eigenvalue weighted by Crippen LogP contribution is -2.36. The van der Waals surface area contributed by atoms with Gasteiger partial charge in [0, 0.05) is 48.2 Å². The number of rotatable bonds is 30. The summed E-state index contributed by atoms with van der Waals surface area (Å²) < 4.78 is 88.2. The summed E-state index contributed by atoms with van der Waals surface area (Å²) in [5.74, 6) is -1.88. The van der Waals surface area contributed by atoms with Gasteiger partial charge in [-0.25, -0.2) is 26.4 Å². The van der Waals surface area contributed by atoms with Gasteiger partial charge in [-0.05, 0) is 164 Å². The van der Waals surface area contributed by atoms with E-state index in [2.05, 4.69) is 23.6 Å². The third-order valence-electron chi connectivity index (χ3n) is 16.5. The van der Waals surface area contributed by atoms with Crippen LogP contribution < -0.4 is 28.7 Å². The molecule has 0 aliphatic carbocycles. The van der Waals surface area contributed by atoms with E-state index in [1.165, 1.54) is 50.3 Å². The third kappa shape index (κ3) is 17.4. The number of sulfone groups is 2. The van der Waals surface area contributed by atoms with Crippen LogP contribution >= 0.6 is 23.5 Å². The average Bonchev–Trinajstić information content (AvgIpc) is 1.00. The van der Waals surface area contributed by atoms with Crippen LogP contribution in [0.2, 0.25) is 0 Å². The monoisotopic (exact) mass is 1260 g/mol. The first-order valence-electron chi connectivity index (χ1n) is 30.6. The summed E-state index contributed by atoms with van der Waals surface area (Å²) in [7, 11) is -4.52. The van der Waals surface area contributed by atoms with Crippen molar-refractivity contribution in [1.82, 2.24) is 9.80 Å². The van der Waals surface area contributed by atoms with Crippen molar-refractivity contribution in [3.63, 3.8) is 0 Å². The molecule has 8 rings (SSSR count). The standard InChI is InChI=1S/C64H86N4O14S4/c1-7-9-11-13-23-55(69)79-43-33-45-29-39-65(40-30-45)35-17-37-67-47-19-15-21-53(85(5,73)74)61(47)83-51-27-25-49(77-3)59(57(51)67)81-63(71)64(72)82-60-50(78-4)26-28-52-58(60)68(48-20-16-22-54(62(48)84-52)86(6,75)76)38-18-36-66-41-31-46(32-42-66)34-44-80-56(70)24-14-12-10-8-2/h15-16,19-22,25-28,45-46H,7-14,17-18,23-24,29-44H2,1-6H3. The summed E-state index contributed by atoms with van der Waals surface area (Å²) in [6, 6.07) is 17.0. The van der Waals surface area contributed by atoms with Crippen molar-refractivity contribution < 1.29 is 64.4 Å². The molecule has 0 aromatic heterocycles. The van der Waals surface area contributed by atoms with E-state index in [0.29, 0.717) is 106 Å². The van der Waals surface area contributed by atoms with Gasteiger partial charge in [0.1, 0.15) is 11.4 Å². The molecule has 0 N–H and O–H groups in total. The number of ether oxygens (including phenoxy) is 6. The van der Waals surface area contributed by atoms with Crippen molar-refractivity contribution in [1.29, 1.82) is 0 Å². The second-order valence-electron chi connectivity index (χ2n) is 22.8.